The van der Waals surface area contributed by atoms with Gasteiger partial charge in [0.15, 0.2) is 10.1 Å². The fourth-order valence-electron chi connectivity index (χ4n) is 1.57. The number of carbonyl (C=O) groups excluding carboxylic acids is 2. The first-order chi connectivity index (χ1) is 13.4. The summed E-state index contributed by atoms with van der Waals surface area (Å²) in [6, 6.07) is 0. The number of carbonyl (C=O) groups is 2. The molecule has 0 aromatic heterocycles. The average Bonchev–Trinajstić information content (AvgIpc) is 2.49. The standard InChI is InChI=1S/C14H16F8O8S/c1-7(15)8(23)29-12(13(18,19)20,9(24)30-10(2,3)4)28-6-5-11(16,17)14(21,22)31(25,26)27/h1,5-6H2,2-4H3,(H,25,26,27)/p-1. The minimum absolute atomic E-state index is 1.01. The molecule has 31 heavy (non-hydrogen) atoms. The quantitative estimate of drug-likeness (QED) is 0.158. The predicted octanol–water partition coefficient (Wildman–Crippen LogP) is 2.79. The maximum Gasteiger partial charge on any atom is 0.468 e. The Morgan fingerprint density at radius 1 is 0.968 bits per heavy atom. The summed E-state index contributed by atoms with van der Waals surface area (Å²) in [7, 11) is -6.97. The molecule has 0 aliphatic carbocycles. The van der Waals surface area contributed by atoms with Crippen molar-refractivity contribution in [3.05, 3.63) is 12.4 Å². The Morgan fingerprint density at radius 2 is 1.42 bits per heavy atom. The smallest absolute Gasteiger partial charge is 0.468 e. The molecule has 0 bridgehead atoms. The van der Waals surface area contributed by atoms with E-state index < -0.39 is 69.7 Å². The Kier molecular flexibility index (Phi) is 8.28. The summed E-state index contributed by atoms with van der Waals surface area (Å²) in [5.41, 5.74) is -1.75. The molecule has 182 valence electrons. The molecule has 0 aromatic rings. The molecular weight excluding hydrogens is 480 g/mol. The topological polar surface area (TPSA) is 119 Å². The van der Waals surface area contributed by atoms with Crippen molar-refractivity contribution < 1.29 is 71.9 Å². The first kappa shape index (κ1) is 29.0. The maximum atomic E-state index is 13.5. The minimum Gasteiger partial charge on any atom is -0.743 e. The highest BCUT2D eigenvalue weighted by Crippen LogP contribution is 2.42. The minimum atomic E-state index is -6.97. The molecule has 0 radical (unpaired) electrons. The summed E-state index contributed by atoms with van der Waals surface area (Å²) in [6.07, 6.45) is -8.74. The molecule has 17 heteroatoms. The third kappa shape index (κ3) is 6.73. The largest absolute Gasteiger partial charge is 0.743 e. The zero-order chi connectivity index (χ0) is 25.3. The third-order valence-corrected chi connectivity index (χ3v) is 3.89. The first-order valence-electron chi connectivity index (χ1n) is 7.64. The van der Waals surface area contributed by atoms with Crippen molar-refractivity contribution in [2.45, 2.75) is 55.9 Å². The van der Waals surface area contributed by atoms with E-state index in [4.69, 9.17) is 0 Å². The molecule has 0 N–H and O–H groups in total. The summed E-state index contributed by atoms with van der Waals surface area (Å²) in [6.45, 7) is 3.08. The van der Waals surface area contributed by atoms with Gasteiger partial charge in [-0.2, -0.15) is 35.1 Å². The number of rotatable bonds is 9. The molecule has 0 saturated heterocycles. The Hall–Kier alpha value is -2.01. The second-order valence-electron chi connectivity index (χ2n) is 6.68. The fourth-order valence-corrected chi connectivity index (χ4v) is 2.04. The average molecular weight is 495 g/mol. The van der Waals surface area contributed by atoms with Crippen LogP contribution < -0.4 is 0 Å². The van der Waals surface area contributed by atoms with Crippen LogP contribution in [-0.2, 0) is 33.9 Å². The lowest BCUT2D eigenvalue weighted by Gasteiger charge is -2.35. The van der Waals surface area contributed by atoms with Crippen LogP contribution in [0.3, 0.4) is 0 Å². The fraction of sp³-hybridized carbons (Fsp3) is 0.714. The van der Waals surface area contributed by atoms with Crippen LogP contribution in [0, 0.1) is 0 Å². The molecule has 0 aliphatic heterocycles. The lowest BCUT2D eigenvalue weighted by molar-refractivity contribution is -0.359. The number of alkyl halides is 7. The van der Waals surface area contributed by atoms with E-state index in [1.165, 1.54) is 0 Å². The Morgan fingerprint density at radius 3 is 1.74 bits per heavy atom. The van der Waals surface area contributed by atoms with Crippen LogP contribution in [0.5, 0.6) is 0 Å². The van der Waals surface area contributed by atoms with E-state index in [0.29, 0.717) is 0 Å². The van der Waals surface area contributed by atoms with Gasteiger partial charge in [-0.3, -0.25) is 0 Å². The summed E-state index contributed by atoms with van der Waals surface area (Å²) >= 11 is 0. The summed E-state index contributed by atoms with van der Waals surface area (Å²) in [4.78, 5) is 23.3. The van der Waals surface area contributed by atoms with Gasteiger partial charge in [-0.25, -0.2) is 18.0 Å². The molecule has 0 spiro atoms. The molecule has 0 amide bonds. The molecule has 0 aromatic carbocycles. The monoisotopic (exact) mass is 495 g/mol. The normalized spacial score (nSPS) is 15.7. The number of esters is 2. The van der Waals surface area contributed by atoms with E-state index in [1.54, 1.807) is 0 Å². The van der Waals surface area contributed by atoms with Crippen molar-refractivity contribution in [2.75, 3.05) is 6.61 Å². The van der Waals surface area contributed by atoms with Crippen molar-refractivity contribution in [3.8, 4) is 0 Å². The van der Waals surface area contributed by atoms with Gasteiger partial charge in [0.1, 0.15) is 5.60 Å². The van der Waals surface area contributed by atoms with E-state index in [1.807, 2.05) is 0 Å². The lowest BCUT2D eigenvalue weighted by Crippen LogP contribution is -2.60. The predicted molar refractivity (Wildman–Crippen MR) is 81.1 cm³/mol. The van der Waals surface area contributed by atoms with Crippen molar-refractivity contribution in [1.29, 1.82) is 0 Å². The highest BCUT2D eigenvalue weighted by atomic mass is 32.2. The molecular formula is C14H15F8O8S-. The van der Waals surface area contributed by atoms with Crippen LogP contribution in [0.25, 0.3) is 0 Å². The molecule has 0 saturated carbocycles. The van der Waals surface area contributed by atoms with Crippen LogP contribution in [0.15, 0.2) is 12.4 Å². The van der Waals surface area contributed by atoms with Gasteiger partial charge in [0.05, 0.1) is 6.61 Å². The third-order valence-electron chi connectivity index (χ3n) is 2.96. The van der Waals surface area contributed by atoms with Crippen LogP contribution >= 0.6 is 0 Å². The van der Waals surface area contributed by atoms with Crippen molar-refractivity contribution in [1.82, 2.24) is 0 Å². The molecule has 0 rings (SSSR count). The summed E-state index contributed by atoms with van der Waals surface area (Å²) < 4.78 is 149. The van der Waals surface area contributed by atoms with E-state index in [9.17, 15) is 57.7 Å². The summed E-state index contributed by atoms with van der Waals surface area (Å²) in [5, 5.41) is -6.28. The van der Waals surface area contributed by atoms with Crippen LogP contribution in [-0.4, -0.2) is 60.3 Å². The molecule has 8 nitrogen and oxygen atoms in total. The Bertz CT molecular complexity index is 815. The van der Waals surface area contributed by atoms with E-state index in [2.05, 4.69) is 20.8 Å². The van der Waals surface area contributed by atoms with E-state index >= 15 is 0 Å². The van der Waals surface area contributed by atoms with Gasteiger partial charge < -0.3 is 18.8 Å². The zero-order valence-electron chi connectivity index (χ0n) is 15.8. The number of hydrogen-bond acceptors (Lipinski definition) is 8. The summed E-state index contributed by atoms with van der Waals surface area (Å²) in [5.74, 6) is -18.1. The molecule has 0 aliphatic rings. The van der Waals surface area contributed by atoms with Gasteiger partial charge >= 0.3 is 35.1 Å². The van der Waals surface area contributed by atoms with Crippen molar-refractivity contribution in [3.63, 3.8) is 0 Å². The van der Waals surface area contributed by atoms with Gasteiger partial charge in [-0.05, 0) is 20.8 Å². The molecule has 1 atom stereocenters. The molecule has 0 heterocycles. The molecule has 0 fully saturated rings. The van der Waals surface area contributed by atoms with Gasteiger partial charge in [0, 0.05) is 6.42 Å². The van der Waals surface area contributed by atoms with Crippen LogP contribution in [0.1, 0.15) is 27.2 Å². The SMILES string of the molecule is C=C(F)C(=O)OC(OCCC(F)(F)C(F)(F)S(=O)(=O)[O-])(C(=O)OC(C)(C)C)C(F)(F)F. The van der Waals surface area contributed by atoms with Crippen molar-refractivity contribution >= 4 is 22.1 Å². The first-order valence-corrected chi connectivity index (χ1v) is 9.05. The Balaban J connectivity index is 6.14. The highest BCUT2D eigenvalue weighted by molar-refractivity contribution is 7.86. The van der Waals surface area contributed by atoms with Gasteiger partial charge in [0.2, 0.25) is 5.83 Å². The number of halogens is 8. The van der Waals surface area contributed by atoms with Gasteiger partial charge in [-0.15, -0.1) is 0 Å². The number of hydrogen-bond donors (Lipinski definition) is 0. The number of ether oxygens (including phenoxy) is 3. The van der Waals surface area contributed by atoms with Crippen LogP contribution in [0.4, 0.5) is 35.1 Å². The van der Waals surface area contributed by atoms with E-state index in [0.717, 1.165) is 20.8 Å². The van der Waals surface area contributed by atoms with E-state index in [-0.39, 0.29) is 0 Å². The maximum absolute atomic E-state index is 13.5. The molecule has 1 unspecified atom stereocenters. The Labute approximate surface area is 169 Å². The lowest BCUT2D eigenvalue weighted by atomic mass is 10.1. The van der Waals surface area contributed by atoms with Crippen molar-refractivity contribution in [2.24, 2.45) is 0 Å². The van der Waals surface area contributed by atoms with Gasteiger partial charge in [0.25, 0.3) is 0 Å². The highest BCUT2D eigenvalue weighted by Gasteiger charge is 2.69. The second-order valence-corrected chi connectivity index (χ2v) is 8.11. The van der Waals surface area contributed by atoms with Crippen LogP contribution in [0.2, 0.25) is 0 Å². The van der Waals surface area contributed by atoms with Gasteiger partial charge in [-0.1, -0.05) is 6.58 Å². The second kappa shape index (κ2) is 8.85. The zero-order valence-corrected chi connectivity index (χ0v) is 16.6.